The number of amides is 1. The number of anilines is 1. The van der Waals surface area contributed by atoms with E-state index >= 15 is 0 Å². The van der Waals surface area contributed by atoms with Gasteiger partial charge in [0.15, 0.2) is 0 Å². The highest BCUT2D eigenvalue weighted by molar-refractivity contribution is 5.92. The minimum absolute atomic E-state index is 0.0175. The van der Waals surface area contributed by atoms with Crippen molar-refractivity contribution in [3.05, 3.63) is 29.8 Å². The Morgan fingerprint density at radius 3 is 2.70 bits per heavy atom. The van der Waals surface area contributed by atoms with Gasteiger partial charge in [0.25, 0.3) is 0 Å². The summed E-state index contributed by atoms with van der Waals surface area (Å²) in [6.07, 6.45) is 0. The second-order valence-electron chi connectivity index (χ2n) is 4.51. The Morgan fingerprint density at radius 1 is 1.35 bits per heavy atom. The first-order valence-corrected chi connectivity index (χ1v) is 6.31. The molecule has 0 spiro atoms. The van der Waals surface area contributed by atoms with Crippen LogP contribution in [0.2, 0.25) is 0 Å². The van der Waals surface area contributed by atoms with Crippen molar-refractivity contribution in [1.29, 1.82) is 0 Å². The Morgan fingerprint density at radius 2 is 2.10 bits per heavy atom. The van der Waals surface area contributed by atoms with Crippen LogP contribution in [-0.2, 0) is 14.3 Å². The van der Waals surface area contributed by atoms with E-state index in [4.69, 9.17) is 9.84 Å². The number of carboxylic acids is 1. The quantitative estimate of drug-likeness (QED) is 0.741. The number of aliphatic carboxylic acids is 1. The van der Waals surface area contributed by atoms with Gasteiger partial charge in [-0.25, -0.2) is 0 Å². The number of hydrogen-bond acceptors (Lipinski definition) is 4. The molecule has 0 fully saturated rings. The maximum atomic E-state index is 11.9. The lowest BCUT2D eigenvalue weighted by Gasteiger charge is -2.19. The molecule has 0 aromatic heterocycles. The van der Waals surface area contributed by atoms with E-state index in [1.165, 1.54) is 12.0 Å². The Kier molecular flexibility index (Phi) is 6.69. The Hall–Kier alpha value is -1.92. The molecule has 1 amide bonds. The minimum atomic E-state index is -0.968. The number of rotatable bonds is 8. The minimum Gasteiger partial charge on any atom is -0.480 e. The molecule has 20 heavy (non-hydrogen) atoms. The third-order valence-corrected chi connectivity index (χ3v) is 2.64. The van der Waals surface area contributed by atoms with Crippen LogP contribution in [0.1, 0.15) is 5.56 Å². The van der Waals surface area contributed by atoms with Crippen molar-refractivity contribution < 1.29 is 19.4 Å². The van der Waals surface area contributed by atoms with Crippen LogP contribution in [0.25, 0.3) is 0 Å². The standard InChI is InChI=1S/C14H20N2O4/c1-11-4-3-5-12(8-11)15-13(17)9-16(6-7-20-2)10-14(18)19/h3-5,8H,6-7,9-10H2,1-2H3,(H,15,17)(H,18,19). The van der Waals surface area contributed by atoms with Gasteiger partial charge >= 0.3 is 5.97 Å². The van der Waals surface area contributed by atoms with Crippen LogP contribution in [0.4, 0.5) is 5.69 Å². The molecule has 0 atom stereocenters. The van der Waals surface area contributed by atoms with Gasteiger partial charge in [0.05, 0.1) is 19.7 Å². The highest BCUT2D eigenvalue weighted by Gasteiger charge is 2.13. The molecule has 1 aromatic carbocycles. The lowest BCUT2D eigenvalue weighted by atomic mass is 10.2. The molecule has 0 saturated carbocycles. The smallest absolute Gasteiger partial charge is 0.317 e. The summed E-state index contributed by atoms with van der Waals surface area (Å²) in [6, 6.07) is 7.44. The largest absolute Gasteiger partial charge is 0.480 e. The maximum Gasteiger partial charge on any atom is 0.317 e. The lowest BCUT2D eigenvalue weighted by molar-refractivity contribution is -0.138. The molecular formula is C14H20N2O4. The third-order valence-electron chi connectivity index (χ3n) is 2.64. The van der Waals surface area contributed by atoms with Crippen molar-refractivity contribution >= 4 is 17.6 Å². The fraction of sp³-hybridized carbons (Fsp3) is 0.429. The van der Waals surface area contributed by atoms with Crippen LogP contribution in [0.5, 0.6) is 0 Å². The zero-order valence-electron chi connectivity index (χ0n) is 11.8. The van der Waals surface area contributed by atoms with Crippen molar-refractivity contribution in [3.8, 4) is 0 Å². The molecule has 1 aromatic rings. The van der Waals surface area contributed by atoms with Crippen LogP contribution in [0.3, 0.4) is 0 Å². The van der Waals surface area contributed by atoms with Gasteiger partial charge in [-0.2, -0.15) is 0 Å². The van der Waals surface area contributed by atoms with Crippen LogP contribution in [0.15, 0.2) is 24.3 Å². The number of methoxy groups -OCH3 is 1. The summed E-state index contributed by atoms with van der Waals surface area (Å²) in [5.41, 5.74) is 1.75. The maximum absolute atomic E-state index is 11.9. The number of aryl methyl sites for hydroxylation is 1. The van der Waals surface area contributed by atoms with Gasteiger partial charge in [-0.05, 0) is 24.6 Å². The summed E-state index contributed by atoms with van der Waals surface area (Å²) in [6.45, 7) is 2.54. The van der Waals surface area contributed by atoms with Crippen LogP contribution < -0.4 is 5.32 Å². The normalized spacial score (nSPS) is 10.6. The lowest BCUT2D eigenvalue weighted by Crippen LogP contribution is -2.38. The molecule has 0 saturated heterocycles. The summed E-state index contributed by atoms with van der Waals surface area (Å²) >= 11 is 0. The van der Waals surface area contributed by atoms with Gasteiger partial charge in [-0.15, -0.1) is 0 Å². The third kappa shape index (κ3) is 6.31. The highest BCUT2D eigenvalue weighted by atomic mass is 16.5. The van der Waals surface area contributed by atoms with Gasteiger partial charge in [0.2, 0.25) is 5.91 Å². The van der Waals surface area contributed by atoms with Crippen molar-refractivity contribution in [2.45, 2.75) is 6.92 Å². The number of benzene rings is 1. The molecule has 0 aliphatic rings. The fourth-order valence-electron chi connectivity index (χ4n) is 1.75. The predicted octanol–water partition coefficient (Wildman–Crippen LogP) is 0.967. The molecular weight excluding hydrogens is 260 g/mol. The molecule has 6 nitrogen and oxygen atoms in total. The van der Waals surface area contributed by atoms with E-state index in [0.717, 1.165) is 5.56 Å². The van der Waals surface area contributed by atoms with Gasteiger partial charge in [0.1, 0.15) is 0 Å². The van der Waals surface area contributed by atoms with E-state index in [2.05, 4.69) is 5.32 Å². The molecule has 110 valence electrons. The van der Waals surface area contributed by atoms with Crippen LogP contribution >= 0.6 is 0 Å². The topological polar surface area (TPSA) is 78.9 Å². The van der Waals surface area contributed by atoms with Crippen molar-refractivity contribution in [1.82, 2.24) is 4.90 Å². The molecule has 6 heteroatoms. The summed E-state index contributed by atoms with van der Waals surface area (Å²) in [7, 11) is 1.53. The van der Waals surface area contributed by atoms with Crippen LogP contribution in [-0.4, -0.2) is 55.2 Å². The van der Waals surface area contributed by atoms with E-state index in [1.54, 1.807) is 6.07 Å². The predicted molar refractivity (Wildman–Crippen MR) is 75.8 cm³/mol. The molecule has 0 bridgehead atoms. The number of hydrogen-bond donors (Lipinski definition) is 2. The van der Waals surface area contributed by atoms with Gasteiger partial charge in [0, 0.05) is 19.3 Å². The molecule has 0 radical (unpaired) electrons. The van der Waals surface area contributed by atoms with E-state index in [9.17, 15) is 9.59 Å². The molecule has 0 unspecified atom stereocenters. The number of carbonyl (C=O) groups is 2. The van der Waals surface area contributed by atoms with E-state index in [1.807, 2.05) is 25.1 Å². The van der Waals surface area contributed by atoms with Gasteiger partial charge < -0.3 is 15.2 Å². The SMILES string of the molecule is COCCN(CC(=O)O)CC(=O)Nc1cccc(C)c1. The summed E-state index contributed by atoms with van der Waals surface area (Å²) < 4.78 is 4.90. The van der Waals surface area contributed by atoms with Crippen molar-refractivity contribution in [2.75, 3.05) is 38.7 Å². The molecule has 0 aliphatic carbocycles. The summed E-state index contributed by atoms with van der Waals surface area (Å²) in [5, 5.41) is 11.6. The fourth-order valence-corrected chi connectivity index (χ4v) is 1.75. The zero-order valence-corrected chi connectivity index (χ0v) is 11.8. The van der Waals surface area contributed by atoms with E-state index in [-0.39, 0.29) is 19.0 Å². The number of nitrogens with zero attached hydrogens (tertiary/aromatic N) is 1. The Balaban J connectivity index is 2.54. The van der Waals surface area contributed by atoms with Crippen LogP contribution in [0, 0.1) is 6.92 Å². The number of carboxylic acid groups (broad SMARTS) is 1. The number of nitrogens with one attached hydrogen (secondary N) is 1. The Bertz CT molecular complexity index is 462. The van der Waals surface area contributed by atoms with Crippen molar-refractivity contribution in [3.63, 3.8) is 0 Å². The first kappa shape index (κ1) is 16.1. The molecule has 2 N–H and O–H groups in total. The number of ether oxygens (including phenoxy) is 1. The molecule has 0 heterocycles. The monoisotopic (exact) mass is 280 g/mol. The van der Waals surface area contributed by atoms with Gasteiger partial charge in [-0.3, -0.25) is 14.5 Å². The Labute approximate surface area is 118 Å². The molecule has 1 rings (SSSR count). The average molecular weight is 280 g/mol. The first-order chi connectivity index (χ1) is 9.51. The van der Waals surface area contributed by atoms with E-state index in [0.29, 0.717) is 18.8 Å². The van der Waals surface area contributed by atoms with E-state index < -0.39 is 5.97 Å². The van der Waals surface area contributed by atoms with Gasteiger partial charge in [-0.1, -0.05) is 12.1 Å². The summed E-state index contributed by atoms with van der Waals surface area (Å²) in [5.74, 6) is -1.21. The highest BCUT2D eigenvalue weighted by Crippen LogP contribution is 2.09. The summed E-state index contributed by atoms with van der Waals surface area (Å²) in [4.78, 5) is 24.2. The zero-order chi connectivity index (χ0) is 15.0. The molecule has 0 aliphatic heterocycles. The van der Waals surface area contributed by atoms with Crippen molar-refractivity contribution in [2.24, 2.45) is 0 Å². The second-order valence-corrected chi connectivity index (χ2v) is 4.51. The number of carbonyl (C=O) groups excluding carboxylic acids is 1. The average Bonchev–Trinajstić information content (AvgIpc) is 2.35. The second kappa shape index (κ2) is 8.29. The first-order valence-electron chi connectivity index (χ1n) is 6.31.